The minimum absolute atomic E-state index is 0.0540. The monoisotopic (exact) mass is 273 g/mol. The molecule has 106 valence electrons. The molecule has 2 fully saturated rings. The van der Waals surface area contributed by atoms with Gasteiger partial charge in [0.15, 0.2) is 0 Å². The van der Waals surface area contributed by atoms with Crippen molar-refractivity contribution in [1.29, 1.82) is 0 Å². The zero-order valence-electron chi connectivity index (χ0n) is 11.5. The van der Waals surface area contributed by atoms with Gasteiger partial charge in [-0.15, -0.1) is 0 Å². The van der Waals surface area contributed by atoms with Crippen molar-refractivity contribution in [2.75, 3.05) is 0 Å². The normalized spacial score (nSPS) is 25.4. The second kappa shape index (κ2) is 5.65. The molecule has 1 aromatic rings. The summed E-state index contributed by atoms with van der Waals surface area (Å²) < 4.78 is 5.41. The van der Waals surface area contributed by atoms with Crippen molar-refractivity contribution < 1.29 is 14.3 Å². The van der Waals surface area contributed by atoms with Crippen molar-refractivity contribution in [2.45, 2.75) is 50.8 Å². The Balaban J connectivity index is 1.63. The Morgan fingerprint density at radius 2 is 1.80 bits per heavy atom. The summed E-state index contributed by atoms with van der Waals surface area (Å²) in [5.74, 6) is 0.284. The number of rotatable bonds is 2. The van der Waals surface area contributed by atoms with E-state index < -0.39 is 0 Å². The molecular formula is C16H19NO3. The van der Waals surface area contributed by atoms with Crippen LogP contribution in [-0.4, -0.2) is 28.9 Å². The highest BCUT2D eigenvalue weighted by Gasteiger charge is 2.41. The van der Waals surface area contributed by atoms with Gasteiger partial charge in [-0.3, -0.25) is 4.79 Å². The van der Waals surface area contributed by atoms with Gasteiger partial charge in [0.25, 0.3) is 0 Å². The quantitative estimate of drug-likeness (QED) is 0.832. The first-order chi connectivity index (χ1) is 9.74. The summed E-state index contributed by atoms with van der Waals surface area (Å²) >= 11 is 0. The second-order valence-electron chi connectivity index (χ2n) is 5.63. The lowest BCUT2D eigenvalue weighted by molar-refractivity contribution is -0.126. The van der Waals surface area contributed by atoms with Crippen molar-refractivity contribution in [3.05, 3.63) is 35.9 Å². The summed E-state index contributed by atoms with van der Waals surface area (Å²) in [5, 5.41) is 0. The molecule has 2 aliphatic rings. The van der Waals surface area contributed by atoms with Crippen molar-refractivity contribution in [2.24, 2.45) is 0 Å². The van der Waals surface area contributed by atoms with Crippen LogP contribution in [0.3, 0.4) is 0 Å². The SMILES string of the molecule is O=C1C[C@H]2CCC[C@H](C1)N2C(=O)OCc1ccccc1. The highest BCUT2D eigenvalue weighted by atomic mass is 16.6. The number of fused-ring (bicyclic) bond motifs is 2. The van der Waals surface area contributed by atoms with Crippen molar-refractivity contribution in [1.82, 2.24) is 4.90 Å². The first-order valence-corrected chi connectivity index (χ1v) is 7.25. The number of hydrogen-bond donors (Lipinski definition) is 0. The van der Waals surface area contributed by atoms with Crippen LogP contribution in [0.4, 0.5) is 4.79 Å². The van der Waals surface area contributed by atoms with Gasteiger partial charge in [0.2, 0.25) is 0 Å². The topological polar surface area (TPSA) is 46.6 Å². The number of amides is 1. The molecule has 0 saturated carbocycles. The Bertz CT molecular complexity index is 484. The number of nitrogens with zero attached hydrogens (tertiary/aromatic N) is 1. The number of piperidine rings is 2. The van der Waals surface area contributed by atoms with E-state index in [0.717, 1.165) is 24.8 Å². The number of hydrogen-bond acceptors (Lipinski definition) is 3. The lowest BCUT2D eigenvalue weighted by Gasteiger charge is -2.44. The number of carbonyl (C=O) groups is 2. The summed E-state index contributed by atoms with van der Waals surface area (Å²) in [6, 6.07) is 9.78. The maximum atomic E-state index is 12.3. The second-order valence-corrected chi connectivity index (χ2v) is 5.63. The van der Waals surface area contributed by atoms with Crippen LogP contribution in [-0.2, 0) is 16.1 Å². The van der Waals surface area contributed by atoms with Gasteiger partial charge in [-0.2, -0.15) is 0 Å². The van der Waals surface area contributed by atoms with E-state index in [1.54, 1.807) is 0 Å². The molecule has 4 heteroatoms. The zero-order chi connectivity index (χ0) is 13.9. The number of Topliss-reactive ketones (excluding diaryl/α,β-unsaturated/α-hetero) is 1. The molecule has 0 unspecified atom stereocenters. The summed E-state index contributed by atoms with van der Waals surface area (Å²) in [7, 11) is 0. The Morgan fingerprint density at radius 1 is 1.15 bits per heavy atom. The molecule has 2 atom stereocenters. The van der Waals surface area contributed by atoms with Gasteiger partial charge < -0.3 is 9.64 Å². The lowest BCUT2D eigenvalue weighted by Crippen LogP contribution is -2.55. The van der Waals surface area contributed by atoms with Crippen LogP contribution in [0.5, 0.6) is 0 Å². The fraction of sp³-hybridized carbons (Fsp3) is 0.500. The van der Waals surface area contributed by atoms with Gasteiger partial charge in [-0.25, -0.2) is 4.79 Å². The van der Waals surface area contributed by atoms with E-state index in [4.69, 9.17) is 4.74 Å². The van der Waals surface area contributed by atoms with Crippen molar-refractivity contribution in [3.8, 4) is 0 Å². The third-order valence-electron chi connectivity index (χ3n) is 4.20. The summed E-state index contributed by atoms with van der Waals surface area (Å²) in [6.07, 6.45) is 3.67. The zero-order valence-corrected chi connectivity index (χ0v) is 11.5. The Labute approximate surface area is 118 Å². The van der Waals surface area contributed by atoms with E-state index >= 15 is 0 Å². The van der Waals surface area contributed by atoms with E-state index in [9.17, 15) is 9.59 Å². The molecule has 0 aliphatic carbocycles. The number of ether oxygens (including phenoxy) is 1. The number of benzene rings is 1. The molecule has 1 aromatic carbocycles. The molecule has 3 rings (SSSR count). The summed E-state index contributed by atoms with van der Waals surface area (Å²) in [5.41, 5.74) is 0.985. The van der Waals surface area contributed by atoms with Crippen LogP contribution in [0, 0.1) is 0 Å². The largest absolute Gasteiger partial charge is 0.445 e. The molecule has 0 N–H and O–H groups in total. The van der Waals surface area contributed by atoms with Crippen LogP contribution in [0.25, 0.3) is 0 Å². The number of ketones is 1. The Morgan fingerprint density at radius 3 is 2.45 bits per heavy atom. The highest BCUT2D eigenvalue weighted by Crippen LogP contribution is 2.32. The molecule has 2 heterocycles. The van der Waals surface area contributed by atoms with Crippen LogP contribution < -0.4 is 0 Å². The maximum absolute atomic E-state index is 12.3. The highest BCUT2D eigenvalue weighted by molar-refractivity contribution is 5.83. The lowest BCUT2D eigenvalue weighted by atomic mass is 9.84. The molecule has 0 radical (unpaired) electrons. The third-order valence-corrected chi connectivity index (χ3v) is 4.20. The van der Waals surface area contributed by atoms with E-state index in [2.05, 4.69) is 0 Å². The van der Waals surface area contributed by atoms with Gasteiger partial charge >= 0.3 is 6.09 Å². The van der Waals surface area contributed by atoms with E-state index in [1.165, 1.54) is 0 Å². The minimum atomic E-state index is -0.268. The first kappa shape index (κ1) is 13.2. The molecule has 2 saturated heterocycles. The average molecular weight is 273 g/mol. The molecule has 20 heavy (non-hydrogen) atoms. The standard InChI is InChI=1S/C16H19NO3/c18-15-9-13-7-4-8-14(10-15)17(13)16(19)20-11-12-5-2-1-3-6-12/h1-3,5-6,13-14H,4,7-11H2/t13-,14-/m1/s1. The van der Waals surface area contributed by atoms with Gasteiger partial charge in [0, 0.05) is 24.9 Å². The van der Waals surface area contributed by atoms with Crippen molar-refractivity contribution in [3.63, 3.8) is 0 Å². The average Bonchev–Trinajstić information content (AvgIpc) is 2.45. The number of carbonyl (C=O) groups excluding carboxylic acids is 2. The molecule has 4 nitrogen and oxygen atoms in total. The van der Waals surface area contributed by atoms with E-state index in [-0.39, 0.29) is 24.0 Å². The first-order valence-electron chi connectivity index (χ1n) is 7.25. The van der Waals surface area contributed by atoms with Crippen molar-refractivity contribution >= 4 is 11.9 Å². The molecule has 2 aliphatic heterocycles. The van der Waals surface area contributed by atoms with E-state index in [1.807, 2.05) is 35.2 Å². The maximum Gasteiger partial charge on any atom is 0.410 e. The van der Waals surface area contributed by atoms with Gasteiger partial charge in [-0.1, -0.05) is 30.3 Å². The fourth-order valence-corrected chi connectivity index (χ4v) is 3.27. The van der Waals surface area contributed by atoms with Crippen LogP contribution in [0.1, 0.15) is 37.7 Å². The van der Waals surface area contributed by atoms with Crippen LogP contribution in [0.2, 0.25) is 0 Å². The summed E-state index contributed by atoms with van der Waals surface area (Å²) in [4.78, 5) is 25.7. The molecule has 0 aromatic heterocycles. The van der Waals surface area contributed by atoms with Gasteiger partial charge in [-0.05, 0) is 24.8 Å². The van der Waals surface area contributed by atoms with E-state index in [0.29, 0.717) is 19.4 Å². The predicted molar refractivity (Wildman–Crippen MR) is 74.1 cm³/mol. The smallest absolute Gasteiger partial charge is 0.410 e. The predicted octanol–water partition coefficient (Wildman–Crippen LogP) is 2.91. The molecule has 2 bridgehead atoms. The summed E-state index contributed by atoms with van der Waals surface area (Å²) in [6.45, 7) is 0.295. The Hall–Kier alpha value is -1.84. The van der Waals surface area contributed by atoms with Crippen LogP contribution in [0.15, 0.2) is 30.3 Å². The van der Waals surface area contributed by atoms with Gasteiger partial charge in [0.05, 0.1) is 0 Å². The molecule has 1 amide bonds. The van der Waals surface area contributed by atoms with Gasteiger partial charge in [0.1, 0.15) is 12.4 Å². The molecule has 0 spiro atoms. The minimum Gasteiger partial charge on any atom is -0.445 e. The molecular weight excluding hydrogens is 254 g/mol. The fourth-order valence-electron chi connectivity index (χ4n) is 3.27. The van der Waals surface area contributed by atoms with Crippen LogP contribution >= 0.6 is 0 Å². The third kappa shape index (κ3) is 2.69. The Kier molecular flexibility index (Phi) is 3.72.